The van der Waals surface area contributed by atoms with E-state index >= 15 is 0 Å². The Morgan fingerprint density at radius 2 is 2.00 bits per heavy atom. The predicted octanol–water partition coefficient (Wildman–Crippen LogP) is 2.08. The number of piperidine rings is 1. The van der Waals surface area contributed by atoms with Crippen molar-refractivity contribution < 1.29 is 14.7 Å². The molecule has 0 bridgehead atoms. The van der Waals surface area contributed by atoms with Gasteiger partial charge in [0.1, 0.15) is 11.8 Å². The van der Waals surface area contributed by atoms with Crippen LogP contribution in [0.25, 0.3) is 0 Å². The van der Waals surface area contributed by atoms with Gasteiger partial charge in [-0.05, 0) is 30.9 Å². The van der Waals surface area contributed by atoms with E-state index in [-0.39, 0.29) is 16.7 Å². The molecule has 2 aliphatic rings. The number of imide groups is 1. The summed E-state index contributed by atoms with van der Waals surface area (Å²) in [7, 11) is 0. The number of phenolic OH excluding ortho intramolecular Hbond substituents is 1. The van der Waals surface area contributed by atoms with Crippen LogP contribution in [0, 0.1) is 0 Å². The van der Waals surface area contributed by atoms with E-state index in [1.54, 1.807) is 0 Å². The first-order valence-electron chi connectivity index (χ1n) is 6.48. The van der Waals surface area contributed by atoms with Gasteiger partial charge in [0.05, 0.1) is 10.0 Å². The van der Waals surface area contributed by atoms with Crippen LogP contribution in [-0.2, 0) is 4.79 Å². The molecule has 1 aromatic rings. The van der Waals surface area contributed by atoms with Crippen LogP contribution in [-0.4, -0.2) is 39.5 Å². The molecular formula is C13H13Cl2N3O3. The van der Waals surface area contributed by atoms with Crippen molar-refractivity contribution in [1.29, 1.82) is 0 Å². The van der Waals surface area contributed by atoms with E-state index in [1.165, 1.54) is 17.0 Å². The summed E-state index contributed by atoms with van der Waals surface area (Å²) in [5, 5.41) is 11.3. The quantitative estimate of drug-likeness (QED) is 0.469. The molecule has 0 radical (unpaired) electrons. The van der Waals surface area contributed by atoms with Crippen LogP contribution in [0.5, 0.6) is 5.75 Å². The Kier molecular flexibility index (Phi) is 3.47. The third-order valence-corrected chi connectivity index (χ3v) is 4.91. The second kappa shape index (κ2) is 5.05. The Morgan fingerprint density at radius 1 is 1.29 bits per heavy atom. The van der Waals surface area contributed by atoms with Crippen molar-refractivity contribution >= 4 is 35.1 Å². The number of nitrogens with two attached hydrogens (primary N) is 1. The van der Waals surface area contributed by atoms with Gasteiger partial charge in [0.2, 0.25) is 0 Å². The maximum absolute atomic E-state index is 12.0. The number of hydrogen-bond donors (Lipinski definition) is 2. The van der Waals surface area contributed by atoms with E-state index in [4.69, 9.17) is 29.0 Å². The number of rotatable bonds is 1. The van der Waals surface area contributed by atoms with Crippen molar-refractivity contribution in [2.45, 2.75) is 24.8 Å². The van der Waals surface area contributed by atoms with Crippen LogP contribution in [0.1, 0.15) is 24.3 Å². The Morgan fingerprint density at radius 3 is 2.71 bits per heavy atom. The Labute approximate surface area is 131 Å². The number of halogens is 2. The fourth-order valence-electron chi connectivity index (χ4n) is 3.03. The monoisotopic (exact) mass is 329 g/mol. The molecule has 2 aliphatic heterocycles. The van der Waals surface area contributed by atoms with Gasteiger partial charge >= 0.3 is 6.03 Å². The molecule has 8 heteroatoms. The van der Waals surface area contributed by atoms with Crippen molar-refractivity contribution in [3.63, 3.8) is 0 Å². The van der Waals surface area contributed by atoms with Gasteiger partial charge < -0.3 is 10.0 Å². The molecule has 3 rings (SSSR count). The molecule has 0 saturated carbocycles. The number of amides is 3. The Balaban J connectivity index is 1.93. The molecular weight excluding hydrogens is 317 g/mol. The van der Waals surface area contributed by atoms with E-state index in [9.17, 15) is 14.7 Å². The lowest BCUT2D eigenvalue weighted by Gasteiger charge is -2.33. The van der Waals surface area contributed by atoms with E-state index in [2.05, 4.69) is 0 Å². The SMILES string of the molecule is NN1C(=O)[C@@H]2C[C@H](c3c(O)ccc(Cl)c3Cl)CCN2C1=O. The number of hydrazine groups is 1. The standard InChI is InChI=1S/C13H13Cl2N3O3/c14-7-1-2-9(19)10(11(7)15)6-3-4-17-8(5-6)12(20)18(16)13(17)21/h1-2,6,8,19H,3-5,16H2/t6-,8+/m1/s1. The highest BCUT2D eigenvalue weighted by Crippen LogP contribution is 2.44. The van der Waals surface area contributed by atoms with E-state index in [0.29, 0.717) is 35.0 Å². The van der Waals surface area contributed by atoms with Crippen LogP contribution in [0.15, 0.2) is 12.1 Å². The molecule has 2 saturated heterocycles. The van der Waals surface area contributed by atoms with Gasteiger partial charge in [0, 0.05) is 12.1 Å². The summed E-state index contributed by atoms with van der Waals surface area (Å²) in [6, 6.07) is 1.91. The summed E-state index contributed by atoms with van der Waals surface area (Å²) >= 11 is 12.2. The zero-order valence-electron chi connectivity index (χ0n) is 10.9. The lowest BCUT2D eigenvalue weighted by molar-refractivity contribution is -0.129. The molecule has 2 fully saturated rings. The molecule has 0 aromatic heterocycles. The van der Waals surface area contributed by atoms with Gasteiger partial charge in [-0.25, -0.2) is 10.6 Å². The number of phenols is 1. The summed E-state index contributed by atoms with van der Waals surface area (Å²) in [6.07, 6.45) is 0.947. The molecule has 3 N–H and O–H groups in total. The fourth-order valence-corrected chi connectivity index (χ4v) is 3.51. The molecule has 2 atom stereocenters. The van der Waals surface area contributed by atoms with E-state index in [1.807, 2.05) is 0 Å². The molecule has 0 unspecified atom stereocenters. The number of nitrogens with zero attached hydrogens (tertiary/aromatic N) is 2. The molecule has 21 heavy (non-hydrogen) atoms. The third kappa shape index (κ3) is 2.14. The fraction of sp³-hybridized carbons (Fsp3) is 0.385. The second-order valence-corrected chi connectivity index (χ2v) is 6.00. The highest BCUT2D eigenvalue weighted by atomic mass is 35.5. The van der Waals surface area contributed by atoms with Gasteiger partial charge in [-0.2, -0.15) is 5.01 Å². The minimum absolute atomic E-state index is 0.0456. The molecule has 2 heterocycles. The lowest BCUT2D eigenvalue weighted by atomic mass is 9.85. The van der Waals surface area contributed by atoms with Crippen LogP contribution in [0.3, 0.4) is 0 Å². The van der Waals surface area contributed by atoms with Crippen LogP contribution in [0.4, 0.5) is 4.79 Å². The number of carbonyl (C=O) groups is 2. The highest BCUT2D eigenvalue weighted by molar-refractivity contribution is 6.42. The molecule has 0 spiro atoms. The lowest BCUT2D eigenvalue weighted by Crippen LogP contribution is -2.41. The predicted molar refractivity (Wildman–Crippen MR) is 77.0 cm³/mol. The molecule has 112 valence electrons. The average molecular weight is 330 g/mol. The Hall–Kier alpha value is -1.50. The largest absolute Gasteiger partial charge is 0.508 e. The minimum atomic E-state index is -0.601. The maximum atomic E-state index is 12.0. The van der Waals surface area contributed by atoms with Crippen LogP contribution < -0.4 is 5.84 Å². The van der Waals surface area contributed by atoms with Crippen molar-refractivity contribution in [2.24, 2.45) is 5.84 Å². The number of aromatic hydroxyl groups is 1. The van der Waals surface area contributed by atoms with Gasteiger partial charge in [-0.1, -0.05) is 23.2 Å². The zero-order chi connectivity index (χ0) is 15.3. The summed E-state index contributed by atoms with van der Waals surface area (Å²) in [5.41, 5.74) is 0.527. The minimum Gasteiger partial charge on any atom is -0.508 e. The van der Waals surface area contributed by atoms with E-state index in [0.717, 1.165) is 0 Å². The average Bonchev–Trinajstić information content (AvgIpc) is 2.68. The summed E-state index contributed by atoms with van der Waals surface area (Å²) < 4.78 is 0. The van der Waals surface area contributed by atoms with Gasteiger partial charge in [0.15, 0.2) is 0 Å². The number of carbonyl (C=O) groups excluding carboxylic acids is 2. The zero-order valence-corrected chi connectivity index (χ0v) is 12.4. The molecule has 1 aromatic carbocycles. The van der Waals surface area contributed by atoms with Crippen molar-refractivity contribution in [3.8, 4) is 5.75 Å². The first-order valence-corrected chi connectivity index (χ1v) is 7.23. The number of fused-ring (bicyclic) bond motifs is 1. The van der Waals surface area contributed by atoms with Crippen LogP contribution in [0.2, 0.25) is 10.0 Å². The molecule has 3 amide bonds. The van der Waals surface area contributed by atoms with Gasteiger partial charge in [0.25, 0.3) is 5.91 Å². The maximum Gasteiger partial charge on any atom is 0.342 e. The number of benzene rings is 1. The number of hydrogen-bond acceptors (Lipinski definition) is 4. The molecule has 6 nitrogen and oxygen atoms in total. The summed E-state index contributed by atoms with van der Waals surface area (Å²) in [6.45, 7) is 0.385. The topological polar surface area (TPSA) is 86.9 Å². The van der Waals surface area contributed by atoms with Crippen molar-refractivity contribution in [3.05, 3.63) is 27.7 Å². The van der Waals surface area contributed by atoms with Gasteiger partial charge in [-0.3, -0.25) is 4.79 Å². The van der Waals surface area contributed by atoms with Gasteiger partial charge in [-0.15, -0.1) is 0 Å². The first kappa shape index (κ1) is 14.4. The second-order valence-electron chi connectivity index (χ2n) is 5.22. The van der Waals surface area contributed by atoms with Crippen molar-refractivity contribution in [2.75, 3.05) is 6.54 Å². The Bertz CT molecular complexity index is 637. The van der Waals surface area contributed by atoms with E-state index < -0.39 is 18.0 Å². The highest BCUT2D eigenvalue weighted by Gasteiger charge is 2.47. The van der Waals surface area contributed by atoms with Crippen LogP contribution >= 0.6 is 23.2 Å². The third-order valence-electron chi connectivity index (χ3n) is 4.09. The summed E-state index contributed by atoms with van der Waals surface area (Å²) in [4.78, 5) is 25.2. The molecule has 0 aliphatic carbocycles. The first-order chi connectivity index (χ1) is 9.91. The summed E-state index contributed by atoms with van der Waals surface area (Å²) in [5.74, 6) is 4.91. The smallest absolute Gasteiger partial charge is 0.342 e. The normalized spacial score (nSPS) is 25.5. The van der Waals surface area contributed by atoms with Crippen molar-refractivity contribution in [1.82, 2.24) is 9.91 Å². The number of urea groups is 1.